The molecule has 7 heavy (non-hydrogen) atoms. The molecular formula is C4H9BrO2. The minimum atomic E-state index is -0.944. The van der Waals surface area contributed by atoms with Crippen LogP contribution in [0.1, 0.15) is 6.92 Å². The van der Waals surface area contributed by atoms with E-state index in [0.29, 0.717) is 5.33 Å². The van der Waals surface area contributed by atoms with Crippen LogP contribution in [0.25, 0.3) is 0 Å². The monoisotopic (exact) mass is 168 g/mol. The van der Waals surface area contributed by atoms with E-state index in [0.717, 1.165) is 0 Å². The number of halogens is 1. The summed E-state index contributed by atoms with van der Waals surface area (Å²) in [7, 11) is 0. The molecule has 0 radical (unpaired) electrons. The molecule has 0 heterocycles. The molecule has 0 aliphatic rings. The summed E-state index contributed by atoms with van der Waals surface area (Å²) in [4.78, 5) is 0. The van der Waals surface area contributed by atoms with Crippen molar-refractivity contribution in [1.82, 2.24) is 0 Å². The van der Waals surface area contributed by atoms with E-state index in [1.54, 1.807) is 6.92 Å². The Labute approximate surface area is 51.3 Å². The number of aliphatic hydroxyl groups excluding tert-OH is 1. The fourth-order valence-corrected chi connectivity index (χ4v) is 0.220. The Kier molecular flexibility index (Phi) is 2.80. The molecule has 0 amide bonds. The minimum absolute atomic E-state index is 0.196. The molecule has 0 aromatic rings. The number of aliphatic hydroxyl groups is 2. The van der Waals surface area contributed by atoms with Crippen LogP contribution in [0.4, 0.5) is 0 Å². The van der Waals surface area contributed by atoms with Crippen LogP contribution in [-0.2, 0) is 0 Å². The van der Waals surface area contributed by atoms with Gasteiger partial charge in [-0.2, -0.15) is 0 Å². The third-order valence-corrected chi connectivity index (χ3v) is 1.84. The predicted octanol–water partition coefficient (Wildman–Crippen LogP) is 0.125. The van der Waals surface area contributed by atoms with Crippen molar-refractivity contribution in [3.8, 4) is 0 Å². The smallest absolute Gasteiger partial charge is 0.0945 e. The van der Waals surface area contributed by atoms with Gasteiger partial charge >= 0.3 is 0 Å². The summed E-state index contributed by atoms with van der Waals surface area (Å²) < 4.78 is 0. The zero-order valence-electron chi connectivity index (χ0n) is 4.19. The molecule has 0 aromatic carbocycles. The van der Waals surface area contributed by atoms with Gasteiger partial charge in [0.1, 0.15) is 0 Å². The lowest BCUT2D eigenvalue weighted by atomic mass is 10.2. The Morgan fingerprint density at radius 1 is 1.71 bits per heavy atom. The molecule has 0 rings (SSSR count). The second-order valence-electron chi connectivity index (χ2n) is 1.79. The molecule has 0 aliphatic heterocycles. The van der Waals surface area contributed by atoms with Gasteiger partial charge in [0.25, 0.3) is 0 Å². The zero-order chi connectivity index (χ0) is 5.91. The summed E-state index contributed by atoms with van der Waals surface area (Å²) in [6.07, 6.45) is 0. The fraction of sp³-hybridized carbons (Fsp3) is 1.00. The van der Waals surface area contributed by atoms with Gasteiger partial charge in [-0.05, 0) is 6.92 Å². The Bertz CT molecular complexity index is 47.7. The minimum Gasteiger partial charge on any atom is -0.393 e. The van der Waals surface area contributed by atoms with Gasteiger partial charge in [0.05, 0.1) is 12.2 Å². The highest BCUT2D eigenvalue weighted by Crippen LogP contribution is 2.03. The summed E-state index contributed by atoms with van der Waals surface area (Å²) in [5.74, 6) is 0. The topological polar surface area (TPSA) is 40.5 Å². The average Bonchev–Trinajstić information content (AvgIpc) is 1.68. The van der Waals surface area contributed by atoms with Crippen molar-refractivity contribution < 1.29 is 10.2 Å². The van der Waals surface area contributed by atoms with Gasteiger partial charge in [-0.3, -0.25) is 0 Å². The van der Waals surface area contributed by atoms with E-state index >= 15 is 0 Å². The van der Waals surface area contributed by atoms with E-state index in [9.17, 15) is 0 Å². The first-order chi connectivity index (χ1) is 3.12. The van der Waals surface area contributed by atoms with Crippen molar-refractivity contribution in [1.29, 1.82) is 0 Å². The third-order valence-electron chi connectivity index (χ3n) is 0.629. The standard InChI is InChI=1S/C4H9BrO2/c1-4(7,2-5)3-6/h6-7H,2-3H2,1H3/t4-/m1/s1. The summed E-state index contributed by atoms with van der Waals surface area (Å²) in [5.41, 5.74) is -0.944. The van der Waals surface area contributed by atoms with Crippen molar-refractivity contribution in [2.45, 2.75) is 12.5 Å². The van der Waals surface area contributed by atoms with Crippen LogP contribution in [0, 0.1) is 0 Å². The van der Waals surface area contributed by atoms with Gasteiger partial charge in [-0.15, -0.1) is 0 Å². The molecule has 0 saturated carbocycles. The lowest BCUT2D eigenvalue weighted by molar-refractivity contribution is 0.0235. The number of hydrogen-bond acceptors (Lipinski definition) is 2. The molecule has 0 unspecified atom stereocenters. The maximum absolute atomic E-state index is 8.84. The highest BCUT2D eigenvalue weighted by molar-refractivity contribution is 9.09. The lowest BCUT2D eigenvalue weighted by Crippen LogP contribution is -2.30. The summed E-state index contributed by atoms with van der Waals surface area (Å²) >= 11 is 3.02. The fourth-order valence-electron chi connectivity index (χ4n) is 0.0423. The SMILES string of the molecule is C[C@](O)(CO)CBr. The van der Waals surface area contributed by atoms with Crippen molar-refractivity contribution in [3.63, 3.8) is 0 Å². The third kappa shape index (κ3) is 3.02. The summed E-state index contributed by atoms with van der Waals surface area (Å²) in [6, 6.07) is 0. The number of hydrogen-bond donors (Lipinski definition) is 2. The Morgan fingerprint density at radius 2 is 2.14 bits per heavy atom. The van der Waals surface area contributed by atoms with E-state index < -0.39 is 5.60 Å². The first-order valence-electron chi connectivity index (χ1n) is 2.01. The number of alkyl halides is 1. The van der Waals surface area contributed by atoms with Crippen molar-refractivity contribution in [3.05, 3.63) is 0 Å². The molecule has 0 saturated heterocycles. The highest BCUT2D eigenvalue weighted by atomic mass is 79.9. The van der Waals surface area contributed by atoms with E-state index in [1.165, 1.54) is 0 Å². The van der Waals surface area contributed by atoms with Crippen molar-refractivity contribution in [2.24, 2.45) is 0 Å². The molecule has 0 aliphatic carbocycles. The first-order valence-corrected chi connectivity index (χ1v) is 3.14. The van der Waals surface area contributed by atoms with E-state index in [4.69, 9.17) is 10.2 Å². The maximum atomic E-state index is 8.84. The highest BCUT2D eigenvalue weighted by Gasteiger charge is 2.15. The lowest BCUT2D eigenvalue weighted by Gasteiger charge is -2.14. The van der Waals surface area contributed by atoms with Crippen LogP contribution >= 0.6 is 15.9 Å². The Balaban J connectivity index is 3.36. The molecule has 0 fully saturated rings. The zero-order valence-corrected chi connectivity index (χ0v) is 5.77. The van der Waals surface area contributed by atoms with Crippen molar-refractivity contribution in [2.75, 3.05) is 11.9 Å². The van der Waals surface area contributed by atoms with Crippen molar-refractivity contribution >= 4 is 15.9 Å². The van der Waals surface area contributed by atoms with Gasteiger partial charge in [0.2, 0.25) is 0 Å². The Morgan fingerprint density at radius 3 is 2.14 bits per heavy atom. The quantitative estimate of drug-likeness (QED) is 0.576. The van der Waals surface area contributed by atoms with E-state index in [2.05, 4.69) is 15.9 Å². The normalized spacial score (nSPS) is 18.9. The molecule has 0 aromatic heterocycles. The van der Waals surface area contributed by atoms with Crippen LogP contribution in [-0.4, -0.2) is 27.8 Å². The molecule has 0 bridgehead atoms. The Hall–Kier alpha value is 0.400. The second-order valence-corrected chi connectivity index (χ2v) is 2.35. The summed E-state index contributed by atoms with van der Waals surface area (Å²) in [5, 5.41) is 17.6. The maximum Gasteiger partial charge on any atom is 0.0945 e. The molecule has 3 heteroatoms. The molecular weight excluding hydrogens is 160 g/mol. The van der Waals surface area contributed by atoms with Crippen LogP contribution < -0.4 is 0 Å². The van der Waals surface area contributed by atoms with Crippen LogP contribution in [0.15, 0.2) is 0 Å². The van der Waals surface area contributed by atoms with Crippen LogP contribution in [0.2, 0.25) is 0 Å². The number of rotatable bonds is 2. The van der Waals surface area contributed by atoms with Gasteiger partial charge in [0, 0.05) is 5.33 Å². The van der Waals surface area contributed by atoms with Gasteiger partial charge in [-0.25, -0.2) is 0 Å². The molecule has 1 atom stereocenters. The first kappa shape index (κ1) is 7.40. The average molecular weight is 169 g/mol. The second kappa shape index (κ2) is 2.64. The van der Waals surface area contributed by atoms with E-state index in [1.807, 2.05) is 0 Å². The van der Waals surface area contributed by atoms with Crippen LogP contribution in [0.3, 0.4) is 0 Å². The molecule has 0 spiro atoms. The van der Waals surface area contributed by atoms with Crippen LogP contribution in [0.5, 0.6) is 0 Å². The molecule has 44 valence electrons. The van der Waals surface area contributed by atoms with Gasteiger partial charge in [-0.1, -0.05) is 15.9 Å². The van der Waals surface area contributed by atoms with Gasteiger partial charge < -0.3 is 10.2 Å². The van der Waals surface area contributed by atoms with Gasteiger partial charge in [0.15, 0.2) is 0 Å². The summed E-state index contributed by atoms with van der Waals surface area (Å²) in [6.45, 7) is 1.36. The largest absolute Gasteiger partial charge is 0.393 e. The molecule has 2 N–H and O–H groups in total. The molecule has 2 nitrogen and oxygen atoms in total. The predicted molar refractivity (Wildman–Crippen MR) is 31.5 cm³/mol. The van der Waals surface area contributed by atoms with E-state index in [-0.39, 0.29) is 6.61 Å².